The molecule has 0 radical (unpaired) electrons. The van der Waals surface area contributed by atoms with Crippen LogP contribution in [0.5, 0.6) is 5.75 Å². The first kappa shape index (κ1) is 18.8. The predicted molar refractivity (Wildman–Crippen MR) is 97.2 cm³/mol. The van der Waals surface area contributed by atoms with E-state index in [0.717, 1.165) is 6.42 Å². The Bertz CT molecular complexity index is 759. The van der Waals surface area contributed by atoms with Crippen molar-refractivity contribution in [3.8, 4) is 5.75 Å². The van der Waals surface area contributed by atoms with Crippen LogP contribution in [-0.2, 0) is 9.53 Å². The Kier molecular flexibility index (Phi) is 6.42. The molecule has 6 heteroatoms. The fourth-order valence-corrected chi connectivity index (χ4v) is 2.38. The van der Waals surface area contributed by atoms with Crippen molar-refractivity contribution >= 4 is 29.2 Å². The maximum atomic E-state index is 11.9. The van der Waals surface area contributed by atoms with Crippen LogP contribution < -0.4 is 5.32 Å². The molecule has 0 aromatic heterocycles. The van der Waals surface area contributed by atoms with Crippen LogP contribution in [0.15, 0.2) is 42.5 Å². The third-order valence-corrected chi connectivity index (χ3v) is 4.12. The number of anilines is 1. The lowest BCUT2D eigenvalue weighted by atomic mass is 9.99. The monoisotopic (exact) mass is 361 g/mol. The highest BCUT2D eigenvalue weighted by Crippen LogP contribution is 2.22. The van der Waals surface area contributed by atoms with Gasteiger partial charge in [0.2, 0.25) is 0 Å². The zero-order valence-corrected chi connectivity index (χ0v) is 14.8. The van der Waals surface area contributed by atoms with Crippen molar-refractivity contribution in [2.75, 3.05) is 11.9 Å². The molecule has 25 heavy (non-hydrogen) atoms. The van der Waals surface area contributed by atoms with Crippen molar-refractivity contribution in [2.45, 2.75) is 26.2 Å². The molecule has 0 saturated heterocycles. The van der Waals surface area contributed by atoms with E-state index in [2.05, 4.69) is 19.2 Å². The fraction of sp³-hybridized carbons (Fsp3) is 0.263. The highest BCUT2D eigenvalue weighted by Gasteiger charge is 2.15. The van der Waals surface area contributed by atoms with Gasteiger partial charge in [-0.15, -0.1) is 0 Å². The zero-order chi connectivity index (χ0) is 18.4. The van der Waals surface area contributed by atoms with Crippen LogP contribution in [-0.4, -0.2) is 23.6 Å². The van der Waals surface area contributed by atoms with E-state index in [1.54, 1.807) is 0 Å². The highest BCUT2D eigenvalue weighted by atomic mass is 35.5. The number of amides is 1. The average Bonchev–Trinajstić information content (AvgIpc) is 2.61. The molecular weight excluding hydrogens is 342 g/mol. The van der Waals surface area contributed by atoms with Gasteiger partial charge in [0.1, 0.15) is 11.3 Å². The lowest BCUT2D eigenvalue weighted by Gasteiger charge is -2.11. The topological polar surface area (TPSA) is 75.6 Å². The van der Waals surface area contributed by atoms with Crippen molar-refractivity contribution in [3.63, 3.8) is 0 Å². The second kappa shape index (κ2) is 8.53. The number of carbonyl (C=O) groups excluding carboxylic acids is 2. The summed E-state index contributed by atoms with van der Waals surface area (Å²) in [4.78, 5) is 23.8. The molecule has 1 amide bonds. The smallest absolute Gasteiger partial charge is 0.342 e. The molecule has 0 spiro atoms. The summed E-state index contributed by atoms with van der Waals surface area (Å²) in [5.41, 5.74) is 1.74. The van der Waals surface area contributed by atoms with Crippen LogP contribution in [0.25, 0.3) is 0 Å². The number of phenolic OH excluding ortho intramolecular Hbond substituents is 1. The quantitative estimate of drug-likeness (QED) is 0.750. The number of aromatic hydroxyl groups is 1. The van der Waals surface area contributed by atoms with Gasteiger partial charge in [-0.3, -0.25) is 4.79 Å². The minimum Gasteiger partial charge on any atom is -0.507 e. The Labute approximate surface area is 151 Å². The summed E-state index contributed by atoms with van der Waals surface area (Å²) in [6.07, 6.45) is 1.04. The third kappa shape index (κ3) is 5.22. The molecule has 1 atom stereocenters. The summed E-state index contributed by atoms with van der Waals surface area (Å²) in [5, 5.41) is 12.6. The molecular formula is C19H20ClNO4. The molecule has 0 bridgehead atoms. The van der Waals surface area contributed by atoms with E-state index >= 15 is 0 Å². The molecule has 132 valence electrons. The molecule has 2 rings (SSSR count). The van der Waals surface area contributed by atoms with Crippen molar-refractivity contribution in [2.24, 2.45) is 0 Å². The van der Waals surface area contributed by atoms with Gasteiger partial charge in [-0.1, -0.05) is 37.6 Å². The predicted octanol–water partition coefficient (Wildman–Crippen LogP) is 4.35. The van der Waals surface area contributed by atoms with Crippen LogP contribution in [0.3, 0.4) is 0 Å². The number of carbonyl (C=O) groups is 2. The maximum Gasteiger partial charge on any atom is 0.342 e. The van der Waals surface area contributed by atoms with E-state index in [1.807, 2.05) is 24.3 Å². The zero-order valence-electron chi connectivity index (χ0n) is 14.1. The van der Waals surface area contributed by atoms with Gasteiger partial charge in [-0.05, 0) is 48.2 Å². The Morgan fingerprint density at radius 2 is 1.88 bits per heavy atom. The summed E-state index contributed by atoms with van der Waals surface area (Å²) in [6, 6.07) is 11.6. The van der Waals surface area contributed by atoms with Crippen LogP contribution in [0.4, 0.5) is 5.69 Å². The van der Waals surface area contributed by atoms with E-state index in [0.29, 0.717) is 11.6 Å². The van der Waals surface area contributed by atoms with E-state index < -0.39 is 18.5 Å². The molecule has 5 nitrogen and oxygen atoms in total. The first-order chi connectivity index (χ1) is 11.9. The number of esters is 1. The lowest BCUT2D eigenvalue weighted by Crippen LogP contribution is -2.21. The van der Waals surface area contributed by atoms with Crippen LogP contribution in [0.2, 0.25) is 5.02 Å². The van der Waals surface area contributed by atoms with Gasteiger partial charge in [0, 0.05) is 10.7 Å². The maximum absolute atomic E-state index is 11.9. The number of rotatable bonds is 6. The van der Waals surface area contributed by atoms with Crippen molar-refractivity contribution < 1.29 is 19.4 Å². The minimum atomic E-state index is -0.817. The number of ether oxygens (including phenoxy) is 1. The first-order valence-corrected chi connectivity index (χ1v) is 8.34. The molecule has 2 aromatic carbocycles. The normalized spacial score (nSPS) is 11.6. The van der Waals surface area contributed by atoms with E-state index in [1.165, 1.54) is 23.8 Å². The van der Waals surface area contributed by atoms with E-state index in [4.69, 9.17) is 16.3 Å². The van der Waals surface area contributed by atoms with Crippen LogP contribution in [0, 0.1) is 0 Å². The Hall–Kier alpha value is -2.53. The molecule has 0 aliphatic carbocycles. The summed E-state index contributed by atoms with van der Waals surface area (Å²) >= 11 is 5.78. The Balaban J connectivity index is 1.90. The van der Waals surface area contributed by atoms with E-state index in [-0.39, 0.29) is 16.3 Å². The van der Waals surface area contributed by atoms with Gasteiger partial charge < -0.3 is 15.2 Å². The third-order valence-electron chi connectivity index (χ3n) is 3.89. The number of benzene rings is 2. The van der Waals surface area contributed by atoms with Gasteiger partial charge >= 0.3 is 5.97 Å². The van der Waals surface area contributed by atoms with Gasteiger partial charge in [0.05, 0.1) is 0 Å². The SMILES string of the molecule is CC[C@@H](C)c1ccc(NC(=O)COC(=O)c2cc(Cl)ccc2O)cc1. The Morgan fingerprint density at radius 1 is 1.20 bits per heavy atom. The van der Waals surface area contributed by atoms with Gasteiger partial charge in [0.25, 0.3) is 5.91 Å². The lowest BCUT2D eigenvalue weighted by molar-refractivity contribution is -0.119. The van der Waals surface area contributed by atoms with Gasteiger partial charge in [-0.25, -0.2) is 4.79 Å². The van der Waals surface area contributed by atoms with Crippen molar-refractivity contribution in [1.82, 2.24) is 0 Å². The largest absolute Gasteiger partial charge is 0.507 e. The average molecular weight is 362 g/mol. The number of halogens is 1. The first-order valence-electron chi connectivity index (χ1n) is 7.96. The van der Waals surface area contributed by atoms with Crippen LogP contribution in [0.1, 0.15) is 42.1 Å². The molecule has 0 unspecified atom stereocenters. The van der Waals surface area contributed by atoms with Gasteiger partial charge in [0.15, 0.2) is 6.61 Å². The minimum absolute atomic E-state index is 0.0850. The summed E-state index contributed by atoms with van der Waals surface area (Å²) in [6.45, 7) is 3.79. The molecule has 0 fully saturated rings. The number of phenols is 1. The molecule has 0 aliphatic rings. The molecule has 0 aliphatic heterocycles. The van der Waals surface area contributed by atoms with Crippen molar-refractivity contribution in [1.29, 1.82) is 0 Å². The number of nitrogens with one attached hydrogen (secondary N) is 1. The summed E-state index contributed by atoms with van der Waals surface area (Å²) in [7, 11) is 0. The standard InChI is InChI=1S/C19H20ClNO4/c1-3-12(2)13-4-7-15(8-5-13)21-18(23)11-25-19(24)16-10-14(20)6-9-17(16)22/h4-10,12,22H,3,11H2,1-2H3,(H,21,23)/t12-/m1/s1. The second-order valence-corrected chi connectivity index (χ2v) is 6.15. The molecule has 0 heterocycles. The Morgan fingerprint density at radius 3 is 2.52 bits per heavy atom. The number of hydrogen-bond donors (Lipinski definition) is 2. The van der Waals surface area contributed by atoms with Crippen LogP contribution >= 0.6 is 11.6 Å². The summed E-state index contributed by atoms with van der Waals surface area (Å²) in [5.74, 6) is -1.08. The van der Waals surface area contributed by atoms with Gasteiger partial charge in [-0.2, -0.15) is 0 Å². The summed E-state index contributed by atoms with van der Waals surface area (Å²) < 4.78 is 4.91. The van der Waals surface area contributed by atoms with E-state index in [9.17, 15) is 14.7 Å². The van der Waals surface area contributed by atoms with Crippen molar-refractivity contribution in [3.05, 3.63) is 58.6 Å². The number of hydrogen-bond acceptors (Lipinski definition) is 4. The fourth-order valence-electron chi connectivity index (χ4n) is 2.21. The molecule has 0 saturated carbocycles. The highest BCUT2D eigenvalue weighted by molar-refractivity contribution is 6.31. The molecule has 2 N–H and O–H groups in total. The molecule has 2 aromatic rings. The second-order valence-electron chi connectivity index (χ2n) is 5.72.